The van der Waals surface area contributed by atoms with Crippen LogP contribution in [0.2, 0.25) is 0 Å². The van der Waals surface area contributed by atoms with Crippen LogP contribution in [0.5, 0.6) is 0 Å². The van der Waals surface area contributed by atoms with Gasteiger partial charge in [-0.3, -0.25) is 4.98 Å². The average Bonchev–Trinajstić information content (AvgIpc) is 2.79. The number of hydrogen-bond acceptors (Lipinski definition) is 3. The Morgan fingerprint density at radius 3 is 2.67 bits per heavy atom. The molecule has 1 N–H and O–H groups in total. The SMILES string of the molecule is Cc1ccccc1C1CCN(C[C@@H]2CCc3cccnc3C(C)(O)C2)CC1. The Balaban J connectivity index is 1.37. The molecule has 27 heavy (non-hydrogen) atoms. The molecular formula is C24H32N2O. The molecule has 1 fully saturated rings. The number of hydrogen-bond donors (Lipinski definition) is 1. The Bertz CT molecular complexity index is 777. The zero-order valence-corrected chi connectivity index (χ0v) is 16.7. The maximum Gasteiger partial charge on any atom is 0.104 e. The first-order chi connectivity index (χ1) is 13.0. The molecule has 0 saturated carbocycles. The Kier molecular flexibility index (Phi) is 5.34. The topological polar surface area (TPSA) is 36.4 Å². The van der Waals surface area contributed by atoms with Crippen molar-refractivity contribution in [2.24, 2.45) is 5.92 Å². The van der Waals surface area contributed by atoms with Crippen molar-refractivity contribution in [2.75, 3.05) is 19.6 Å². The largest absolute Gasteiger partial charge is 0.384 e. The summed E-state index contributed by atoms with van der Waals surface area (Å²) in [7, 11) is 0. The fraction of sp³-hybridized carbons (Fsp3) is 0.542. The summed E-state index contributed by atoms with van der Waals surface area (Å²) in [6.45, 7) is 7.62. The summed E-state index contributed by atoms with van der Waals surface area (Å²) in [6.07, 6.45) is 7.29. The average molecular weight is 365 g/mol. The van der Waals surface area contributed by atoms with Gasteiger partial charge >= 0.3 is 0 Å². The highest BCUT2D eigenvalue weighted by Crippen LogP contribution is 2.36. The van der Waals surface area contributed by atoms with E-state index in [0.29, 0.717) is 11.8 Å². The number of pyridine rings is 1. The fourth-order valence-corrected chi connectivity index (χ4v) is 5.24. The van der Waals surface area contributed by atoms with Crippen LogP contribution in [0.3, 0.4) is 0 Å². The van der Waals surface area contributed by atoms with Gasteiger partial charge in [-0.15, -0.1) is 0 Å². The molecule has 2 aromatic rings. The lowest BCUT2D eigenvalue weighted by Crippen LogP contribution is -2.38. The molecule has 1 aliphatic carbocycles. The van der Waals surface area contributed by atoms with Crippen LogP contribution in [0.4, 0.5) is 0 Å². The molecule has 0 spiro atoms. The van der Waals surface area contributed by atoms with E-state index < -0.39 is 5.60 Å². The molecule has 3 heteroatoms. The zero-order chi connectivity index (χ0) is 18.9. The van der Waals surface area contributed by atoms with Crippen LogP contribution in [0.1, 0.15) is 60.9 Å². The van der Waals surface area contributed by atoms with Gasteiger partial charge in [0.2, 0.25) is 0 Å². The predicted molar refractivity (Wildman–Crippen MR) is 110 cm³/mol. The van der Waals surface area contributed by atoms with E-state index in [2.05, 4.69) is 47.1 Å². The number of piperidine rings is 1. The molecule has 2 atom stereocenters. The normalized spacial score (nSPS) is 27.1. The van der Waals surface area contributed by atoms with Crippen molar-refractivity contribution in [1.29, 1.82) is 0 Å². The number of aryl methyl sites for hydroxylation is 2. The number of rotatable bonds is 3. The van der Waals surface area contributed by atoms with Gasteiger partial charge in [-0.05, 0) is 93.6 Å². The highest BCUT2D eigenvalue weighted by atomic mass is 16.3. The van der Waals surface area contributed by atoms with Crippen LogP contribution in [0.25, 0.3) is 0 Å². The number of fused-ring (bicyclic) bond motifs is 1. The smallest absolute Gasteiger partial charge is 0.104 e. The molecule has 1 aliphatic heterocycles. The summed E-state index contributed by atoms with van der Waals surface area (Å²) in [5, 5.41) is 11.0. The minimum absolute atomic E-state index is 0.532. The minimum Gasteiger partial charge on any atom is -0.384 e. The van der Waals surface area contributed by atoms with Crippen LogP contribution in [0.15, 0.2) is 42.6 Å². The van der Waals surface area contributed by atoms with Gasteiger partial charge in [-0.2, -0.15) is 0 Å². The van der Waals surface area contributed by atoms with E-state index in [-0.39, 0.29) is 0 Å². The number of likely N-dealkylation sites (tertiary alicyclic amines) is 1. The van der Waals surface area contributed by atoms with E-state index in [1.54, 1.807) is 0 Å². The summed E-state index contributed by atoms with van der Waals surface area (Å²) in [5.74, 6) is 1.23. The predicted octanol–water partition coefficient (Wildman–Crippen LogP) is 4.43. The highest BCUT2D eigenvalue weighted by molar-refractivity contribution is 5.29. The van der Waals surface area contributed by atoms with Crippen molar-refractivity contribution >= 4 is 0 Å². The van der Waals surface area contributed by atoms with Gasteiger partial charge in [0, 0.05) is 12.7 Å². The van der Waals surface area contributed by atoms with Crippen molar-refractivity contribution in [1.82, 2.24) is 9.88 Å². The van der Waals surface area contributed by atoms with Gasteiger partial charge in [0.25, 0.3) is 0 Å². The summed E-state index contributed by atoms with van der Waals surface area (Å²) < 4.78 is 0. The summed E-state index contributed by atoms with van der Waals surface area (Å²) >= 11 is 0. The van der Waals surface area contributed by atoms with Crippen molar-refractivity contribution in [3.63, 3.8) is 0 Å². The van der Waals surface area contributed by atoms with Gasteiger partial charge in [0.05, 0.1) is 5.69 Å². The van der Waals surface area contributed by atoms with E-state index in [1.165, 1.54) is 42.6 Å². The molecule has 0 bridgehead atoms. The summed E-state index contributed by atoms with van der Waals surface area (Å²) in [6, 6.07) is 13.0. The molecule has 1 aromatic carbocycles. The lowest BCUT2D eigenvalue weighted by atomic mass is 9.85. The monoisotopic (exact) mass is 364 g/mol. The maximum atomic E-state index is 11.0. The molecule has 1 saturated heterocycles. The van der Waals surface area contributed by atoms with Crippen molar-refractivity contribution in [3.05, 3.63) is 65.0 Å². The second-order valence-electron chi connectivity index (χ2n) is 8.83. The van der Waals surface area contributed by atoms with Crippen LogP contribution in [-0.4, -0.2) is 34.6 Å². The number of aliphatic hydroxyl groups is 1. The van der Waals surface area contributed by atoms with Crippen LogP contribution >= 0.6 is 0 Å². The van der Waals surface area contributed by atoms with E-state index in [9.17, 15) is 5.11 Å². The van der Waals surface area contributed by atoms with E-state index in [4.69, 9.17) is 0 Å². The first-order valence-electron chi connectivity index (χ1n) is 10.5. The Hall–Kier alpha value is -1.71. The van der Waals surface area contributed by atoms with Gasteiger partial charge in [-0.25, -0.2) is 0 Å². The zero-order valence-electron chi connectivity index (χ0n) is 16.7. The van der Waals surface area contributed by atoms with Crippen LogP contribution in [-0.2, 0) is 12.0 Å². The highest BCUT2D eigenvalue weighted by Gasteiger charge is 2.35. The number of aromatic nitrogens is 1. The molecule has 2 heterocycles. The summed E-state index contributed by atoms with van der Waals surface area (Å²) in [5.41, 5.74) is 4.28. The van der Waals surface area contributed by atoms with Crippen molar-refractivity contribution in [2.45, 2.75) is 57.5 Å². The van der Waals surface area contributed by atoms with Crippen LogP contribution < -0.4 is 0 Å². The number of benzene rings is 1. The van der Waals surface area contributed by atoms with Crippen molar-refractivity contribution < 1.29 is 5.11 Å². The molecular weight excluding hydrogens is 332 g/mol. The second kappa shape index (κ2) is 7.73. The minimum atomic E-state index is -0.808. The fourth-order valence-electron chi connectivity index (χ4n) is 5.24. The third kappa shape index (κ3) is 4.09. The second-order valence-corrected chi connectivity index (χ2v) is 8.83. The third-order valence-electron chi connectivity index (χ3n) is 6.64. The van der Waals surface area contributed by atoms with Crippen LogP contribution in [0, 0.1) is 12.8 Å². The Morgan fingerprint density at radius 2 is 1.89 bits per heavy atom. The first-order valence-corrected chi connectivity index (χ1v) is 10.5. The van der Waals surface area contributed by atoms with Gasteiger partial charge in [0.15, 0.2) is 0 Å². The molecule has 4 rings (SSSR count). The summed E-state index contributed by atoms with van der Waals surface area (Å²) in [4.78, 5) is 7.13. The maximum absolute atomic E-state index is 11.0. The molecule has 1 unspecified atom stereocenters. The Morgan fingerprint density at radius 1 is 1.11 bits per heavy atom. The molecule has 3 nitrogen and oxygen atoms in total. The molecule has 144 valence electrons. The third-order valence-corrected chi connectivity index (χ3v) is 6.64. The molecule has 0 radical (unpaired) electrons. The quantitative estimate of drug-likeness (QED) is 0.819. The Labute approximate surface area is 163 Å². The van der Waals surface area contributed by atoms with E-state index in [0.717, 1.165) is 31.5 Å². The van der Waals surface area contributed by atoms with E-state index in [1.807, 2.05) is 19.2 Å². The van der Waals surface area contributed by atoms with Gasteiger partial charge in [-0.1, -0.05) is 30.3 Å². The lowest BCUT2D eigenvalue weighted by molar-refractivity contribution is 0.0202. The lowest BCUT2D eigenvalue weighted by Gasteiger charge is -2.36. The van der Waals surface area contributed by atoms with E-state index >= 15 is 0 Å². The molecule has 0 amide bonds. The first kappa shape index (κ1) is 18.6. The van der Waals surface area contributed by atoms with Crippen molar-refractivity contribution in [3.8, 4) is 0 Å². The standard InChI is InChI=1S/C24H32N2O/c1-18-6-3-4-8-22(18)20-11-14-26(15-12-20)17-19-9-10-21-7-5-13-25-23(21)24(2,27)16-19/h3-8,13,19-20,27H,9-12,14-17H2,1-2H3/t19-,24?/m1/s1. The molecule has 2 aliphatic rings. The van der Waals surface area contributed by atoms with Gasteiger partial charge in [0.1, 0.15) is 5.60 Å². The number of nitrogens with zero attached hydrogens (tertiary/aromatic N) is 2. The van der Waals surface area contributed by atoms with Gasteiger partial charge < -0.3 is 10.0 Å². The molecule has 1 aromatic heterocycles.